The second-order valence-corrected chi connectivity index (χ2v) is 38.6. The second kappa shape index (κ2) is 34.7. The predicted octanol–water partition coefficient (Wildman–Crippen LogP) is 12.1. The van der Waals surface area contributed by atoms with E-state index in [1.807, 2.05) is 76.9 Å². The first-order valence-corrected chi connectivity index (χ1v) is 34.1. The van der Waals surface area contributed by atoms with Crippen LogP contribution in [0.2, 0.25) is 38.3 Å². The van der Waals surface area contributed by atoms with E-state index >= 15 is 0 Å². The number of hydrogen-bond acceptors (Lipinski definition) is 14. The number of carbonyl (C=O) groups is 3. The van der Waals surface area contributed by atoms with Gasteiger partial charge in [0.05, 0.1) is 47.0 Å². The molecule has 414 valence electrons. The molecule has 2 amide bonds. The highest BCUT2D eigenvalue weighted by atomic mass is 32.2. The van der Waals surface area contributed by atoms with E-state index in [9.17, 15) is 19.5 Å². The van der Waals surface area contributed by atoms with E-state index in [4.69, 9.17) is 54.2 Å². The lowest BCUT2D eigenvalue weighted by molar-refractivity contribution is -0.893. The minimum absolute atomic E-state index is 0. The highest BCUT2D eigenvalue weighted by molar-refractivity contribution is 8.48. The first kappa shape index (κ1) is 78.1. The van der Waals surface area contributed by atoms with Crippen molar-refractivity contribution in [3.63, 3.8) is 0 Å². The number of nitrogens with two attached hydrogens (primary N) is 2. The Kier molecular flexibility index (Phi) is 39.3. The molecule has 0 bridgehead atoms. The molecule has 0 saturated heterocycles. The van der Waals surface area contributed by atoms with Gasteiger partial charge in [-0.1, -0.05) is 95.9 Å². The third-order valence-corrected chi connectivity index (χ3v) is 21.5. The Hall–Kier alpha value is 0.184. The average Bonchev–Trinajstić information content (AvgIpc) is 3.11. The van der Waals surface area contributed by atoms with E-state index in [2.05, 4.69) is 60.8 Å². The quantitative estimate of drug-likeness (QED) is 0.0114. The van der Waals surface area contributed by atoms with Crippen LogP contribution in [-0.2, 0) is 32.7 Å². The van der Waals surface area contributed by atoms with Crippen LogP contribution in [-0.4, -0.2) is 151 Å². The molecular weight excluding hydrogens is 1020 g/mol. The summed E-state index contributed by atoms with van der Waals surface area (Å²) in [5, 5.41) is 10.9. The van der Waals surface area contributed by atoms with Crippen molar-refractivity contribution in [3.8, 4) is 0 Å². The summed E-state index contributed by atoms with van der Waals surface area (Å²) in [4.78, 5) is 38.1. The first-order valence-electron chi connectivity index (χ1n) is 23.5. The highest BCUT2D eigenvalue weighted by Crippen LogP contribution is 2.46. The summed E-state index contributed by atoms with van der Waals surface area (Å²) >= 11 is 17.1. The summed E-state index contributed by atoms with van der Waals surface area (Å²) in [5.41, 5.74) is 10.2. The number of nitrogens with zero attached hydrogens (tertiary/aromatic N) is 2. The number of thiocarbonyl (C=S) groups is 2. The lowest BCUT2D eigenvalue weighted by Crippen LogP contribution is -2.48. The molecule has 0 aromatic heterocycles. The highest BCUT2D eigenvalue weighted by Gasteiger charge is 2.47. The van der Waals surface area contributed by atoms with Crippen molar-refractivity contribution in [1.82, 2.24) is 0 Å². The van der Waals surface area contributed by atoms with Gasteiger partial charge >= 0.3 is 5.97 Å². The zero-order valence-corrected chi connectivity index (χ0v) is 53.8. The summed E-state index contributed by atoms with van der Waals surface area (Å²) < 4.78 is 24.2. The Bertz CT molecular complexity index is 1520. The zero-order valence-electron chi connectivity index (χ0n) is 46.9. The van der Waals surface area contributed by atoms with Gasteiger partial charge in [0.1, 0.15) is 11.8 Å². The van der Waals surface area contributed by atoms with Gasteiger partial charge in [0.2, 0.25) is 18.5 Å². The van der Waals surface area contributed by atoms with Crippen LogP contribution in [0, 0.1) is 25.7 Å². The van der Waals surface area contributed by atoms with E-state index in [1.165, 1.54) is 23.5 Å². The van der Waals surface area contributed by atoms with Gasteiger partial charge < -0.3 is 54.2 Å². The second-order valence-electron chi connectivity index (χ2n) is 22.5. The lowest BCUT2D eigenvalue weighted by Gasteiger charge is -2.40. The standard InChI is InChI=1S/C23H48N2O4S3Si.C23H46N2O4S3Si.CH4.2CH3/c1-11-13-22(4,20(27)28-17-25(6,7)8)16-23(5,19(24)26)32-21(30)31-14-12-15-33(9,10)29-18(2)3;1-11-13-22(4,19(24)26)16-23(5,20(27)28-17-25(6,7)8)32-21(30)31-14-12-15-33(9,10)29-18(2)3;;;/h18,20,27H,11-17H2,1-10H3,(H-,24,26);18H,11-17H2,1-10H3,(H-,24,26);1H4;2*1H3/q;;;2*-1/p+2. The molecule has 0 radical (unpaired) electrons. The maximum absolute atomic E-state index is 13.2. The van der Waals surface area contributed by atoms with E-state index in [1.54, 1.807) is 23.5 Å². The average molecular weight is 1130 g/mol. The Labute approximate surface area is 455 Å². The van der Waals surface area contributed by atoms with Crippen LogP contribution in [0.3, 0.4) is 0 Å². The molecule has 5 atom stereocenters. The van der Waals surface area contributed by atoms with Crippen molar-refractivity contribution in [2.45, 2.75) is 194 Å². The van der Waals surface area contributed by atoms with Crippen LogP contribution in [0.25, 0.3) is 0 Å². The van der Waals surface area contributed by atoms with Crippen molar-refractivity contribution in [2.24, 2.45) is 22.3 Å². The fourth-order valence-corrected chi connectivity index (χ4v) is 19.3. The molecule has 0 aliphatic carbocycles. The Morgan fingerprint density at radius 3 is 1.39 bits per heavy atom. The van der Waals surface area contributed by atoms with Gasteiger partial charge in [-0.15, -0.1) is 23.5 Å². The number of thioether (sulfide) groups is 4. The Morgan fingerprint density at radius 2 is 1.06 bits per heavy atom. The number of aliphatic hydroxyl groups excluding tert-OH is 1. The zero-order chi connectivity index (χ0) is 52.2. The van der Waals surface area contributed by atoms with Crippen LogP contribution in [0.5, 0.6) is 0 Å². The molecule has 0 aliphatic rings. The molecule has 5 N–H and O–H groups in total. The molecule has 0 heterocycles. The molecule has 0 aliphatic heterocycles. The molecule has 20 heteroatoms. The third kappa shape index (κ3) is 35.1. The van der Waals surface area contributed by atoms with Crippen molar-refractivity contribution in [2.75, 3.05) is 67.3 Å². The smallest absolute Gasteiger partial charge is 0.326 e. The number of aliphatic hydroxyl groups is 1. The van der Waals surface area contributed by atoms with E-state index in [-0.39, 0.29) is 53.6 Å². The number of rotatable bonds is 31. The van der Waals surface area contributed by atoms with E-state index in [0.29, 0.717) is 42.0 Å². The summed E-state index contributed by atoms with van der Waals surface area (Å²) in [6.45, 7) is 29.4. The maximum atomic E-state index is 13.2. The topological polar surface area (TPSA) is 160 Å². The molecule has 0 spiro atoms. The molecule has 0 aromatic rings. The number of esters is 1. The van der Waals surface area contributed by atoms with Crippen LogP contribution in [0.1, 0.15) is 128 Å². The molecule has 69 heavy (non-hydrogen) atoms. The van der Waals surface area contributed by atoms with Crippen LogP contribution < -0.4 is 11.5 Å². The molecule has 0 saturated carbocycles. The summed E-state index contributed by atoms with van der Waals surface area (Å²) in [6.07, 6.45) is 5.18. The van der Waals surface area contributed by atoms with Gasteiger partial charge in [-0.25, -0.2) is 0 Å². The van der Waals surface area contributed by atoms with Gasteiger partial charge in [0.25, 0.3) is 0 Å². The molecule has 0 aromatic carbocycles. The molecule has 0 rings (SSSR count). The molecular formula is C49H106N4O8S6Si2. The third-order valence-electron chi connectivity index (χ3n) is 10.5. The SMILES string of the molecule is C.CCCC(C)(CC(C)(SC(=S)SCCC[Si](C)(C)OC(C)C)C(=O)OC[N+](C)(C)C)C(N)=O.CCCC(C)(CC(C)(SC(=S)SCCC[Si](C)(C)OC(C)C)C(N)=O)C(O)OC[N+](C)(C)C.[CH3-].[CH3-]. The Morgan fingerprint density at radius 1 is 0.667 bits per heavy atom. The lowest BCUT2D eigenvalue weighted by atomic mass is 9.76. The summed E-state index contributed by atoms with van der Waals surface area (Å²) in [6, 6.07) is 2.13. The first-order chi connectivity index (χ1) is 29.7. The van der Waals surface area contributed by atoms with Gasteiger partial charge in [-0.3, -0.25) is 18.9 Å². The number of ether oxygens (including phenoxy) is 2. The summed E-state index contributed by atoms with van der Waals surface area (Å²) in [7, 11) is 8.53. The normalized spacial score (nSPS) is 16.1. The van der Waals surface area contributed by atoms with Gasteiger partial charge in [0.15, 0.2) is 29.7 Å². The number of carbonyl (C=O) groups excluding carboxylic acids is 3. The Balaban J connectivity index is -0.000000379. The van der Waals surface area contributed by atoms with Crippen LogP contribution >= 0.6 is 71.5 Å². The van der Waals surface area contributed by atoms with E-state index < -0.39 is 55.1 Å². The number of amides is 2. The van der Waals surface area contributed by atoms with Crippen molar-refractivity contribution < 1.29 is 46.8 Å². The molecule has 5 unspecified atom stereocenters. The van der Waals surface area contributed by atoms with E-state index in [0.717, 1.165) is 49.3 Å². The summed E-state index contributed by atoms with van der Waals surface area (Å²) in [5.74, 6) is 0.586. The minimum Gasteiger partial charge on any atom is -0.415 e. The van der Waals surface area contributed by atoms with Gasteiger partial charge in [-0.2, -0.15) is 0 Å². The number of hydrogen-bond donors (Lipinski definition) is 3. The van der Waals surface area contributed by atoms with Crippen LogP contribution in [0.4, 0.5) is 0 Å². The van der Waals surface area contributed by atoms with Crippen molar-refractivity contribution in [3.05, 3.63) is 14.9 Å². The fraction of sp³-hybridized carbons (Fsp3) is 0.857. The van der Waals surface area contributed by atoms with Crippen molar-refractivity contribution >= 4 is 113 Å². The minimum atomic E-state index is -1.68. The number of primary amides is 2. The predicted molar refractivity (Wildman–Crippen MR) is 321 cm³/mol. The largest absolute Gasteiger partial charge is 0.415 e. The van der Waals surface area contributed by atoms with Crippen LogP contribution in [0.15, 0.2) is 0 Å². The molecule has 0 fully saturated rings. The maximum Gasteiger partial charge on any atom is 0.326 e. The molecule has 12 nitrogen and oxygen atoms in total. The fourth-order valence-electron chi connectivity index (χ4n) is 7.59. The van der Waals surface area contributed by atoms with Gasteiger partial charge in [-0.05, 0) is 130 Å². The number of quaternary nitrogens is 2. The van der Waals surface area contributed by atoms with Gasteiger partial charge in [0, 0.05) is 23.0 Å². The monoisotopic (exact) mass is 1130 g/mol. The van der Waals surface area contributed by atoms with Crippen molar-refractivity contribution in [1.29, 1.82) is 0 Å².